The number of Topliss-reactive ketones (excluding diaryl/α,β-unsaturated/α-hetero) is 1. The summed E-state index contributed by atoms with van der Waals surface area (Å²) >= 11 is 0. The van der Waals surface area contributed by atoms with E-state index in [0.717, 1.165) is 0 Å². The van der Waals surface area contributed by atoms with E-state index in [-0.39, 0.29) is 5.78 Å². The Hall–Kier alpha value is -1.64. The van der Waals surface area contributed by atoms with Crippen LogP contribution in [-0.4, -0.2) is 11.8 Å². The molecule has 1 aromatic carbocycles. The molecule has 0 fully saturated rings. The van der Waals surface area contributed by atoms with E-state index in [2.05, 4.69) is 0 Å². The third-order valence-corrected chi connectivity index (χ3v) is 2.07. The SMILES string of the molecule is CC(=O)Oc1ccccc1C(=O)C(C)(C)C. The first-order chi connectivity index (χ1) is 7.32. The average molecular weight is 220 g/mol. The first kappa shape index (κ1) is 12.4. The lowest BCUT2D eigenvalue weighted by Crippen LogP contribution is -2.21. The summed E-state index contributed by atoms with van der Waals surface area (Å²) in [6.07, 6.45) is 0. The number of hydrogen-bond acceptors (Lipinski definition) is 3. The Balaban J connectivity index is 3.13. The van der Waals surface area contributed by atoms with Gasteiger partial charge in [-0.15, -0.1) is 0 Å². The van der Waals surface area contributed by atoms with Crippen LogP contribution in [-0.2, 0) is 4.79 Å². The Morgan fingerprint density at radius 1 is 1.12 bits per heavy atom. The van der Waals surface area contributed by atoms with Crippen molar-refractivity contribution < 1.29 is 14.3 Å². The van der Waals surface area contributed by atoms with Crippen molar-refractivity contribution >= 4 is 11.8 Å². The minimum Gasteiger partial charge on any atom is -0.426 e. The van der Waals surface area contributed by atoms with E-state index in [1.807, 2.05) is 20.8 Å². The lowest BCUT2D eigenvalue weighted by atomic mass is 9.86. The standard InChI is InChI=1S/C13H16O3/c1-9(14)16-11-8-6-5-7-10(11)12(15)13(2,3)4/h5-8H,1-4H3. The van der Waals surface area contributed by atoms with Gasteiger partial charge in [0, 0.05) is 12.3 Å². The van der Waals surface area contributed by atoms with Gasteiger partial charge in [0.15, 0.2) is 5.78 Å². The molecule has 0 aliphatic rings. The van der Waals surface area contributed by atoms with Crippen LogP contribution in [0.25, 0.3) is 0 Å². The van der Waals surface area contributed by atoms with Gasteiger partial charge < -0.3 is 4.74 Å². The maximum Gasteiger partial charge on any atom is 0.308 e. The van der Waals surface area contributed by atoms with Gasteiger partial charge in [0.25, 0.3) is 0 Å². The highest BCUT2D eigenvalue weighted by Gasteiger charge is 2.25. The van der Waals surface area contributed by atoms with Gasteiger partial charge in [-0.25, -0.2) is 0 Å². The van der Waals surface area contributed by atoms with Crippen molar-refractivity contribution in [2.75, 3.05) is 0 Å². The molecule has 0 aromatic heterocycles. The van der Waals surface area contributed by atoms with Gasteiger partial charge in [-0.05, 0) is 12.1 Å². The zero-order valence-electron chi connectivity index (χ0n) is 10.0. The molecule has 0 saturated carbocycles. The van der Waals surface area contributed by atoms with Crippen LogP contribution < -0.4 is 4.74 Å². The number of carbonyl (C=O) groups is 2. The van der Waals surface area contributed by atoms with Crippen molar-refractivity contribution in [3.05, 3.63) is 29.8 Å². The summed E-state index contributed by atoms with van der Waals surface area (Å²) in [5.41, 5.74) is -0.0406. The molecule has 0 aliphatic carbocycles. The van der Waals surface area contributed by atoms with E-state index in [1.165, 1.54) is 6.92 Å². The molecule has 0 saturated heterocycles. The highest BCUT2D eigenvalue weighted by Crippen LogP contribution is 2.27. The fourth-order valence-corrected chi connectivity index (χ4v) is 1.30. The van der Waals surface area contributed by atoms with Crippen LogP contribution in [0.4, 0.5) is 0 Å². The van der Waals surface area contributed by atoms with Crippen molar-refractivity contribution in [2.24, 2.45) is 5.41 Å². The highest BCUT2D eigenvalue weighted by molar-refractivity contribution is 6.02. The maximum atomic E-state index is 12.1. The van der Waals surface area contributed by atoms with E-state index < -0.39 is 11.4 Å². The third-order valence-electron chi connectivity index (χ3n) is 2.07. The molecule has 1 rings (SSSR count). The summed E-state index contributed by atoms with van der Waals surface area (Å²) in [4.78, 5) is 23.0. The second kappa shape index (κ2) is 4.47. The molecule has 0 N–H and O–H groups in total. The summed E-state index contributed by atoms with van der Waals surface area (Å²) in [6, 6.07) is 6.79. The Kier molecular flexibility index (Phi) is 3.48. The molecule has 86 valence electrons. The zero-order valence-corrected chi connectivity index (χ0v) is 10.0. The van der Waals surface area contributed by atoms with E-state index in [1.54, 1.807) is 24.3 Å². The molecule has 0 unspecified atom stereocenters. The van der Waals surface area contributed by atoms with Gasteiger partial charge in [0.2, 0.25) is 0 Å². The van der Waals surface area contributed by atoms with Gasteiger partial charge in [0.05, 0.1) is 5.56 Å². The minimum absolute atomic E-state index is 0.0376. The molecule has 0 aliphatic heterocycles. The summed E-state index contributed by atoms with van der Waals surface area (Å²) in [7, 11) is 0. The Morgan fingerprint density at radius 3 is 2.19 bits per heavy atom. The fourth-order valence-electron chi connectivity index (χ4n) is 1.30. The number of rotatable bonds is 2. The van der Waals surface area contributed by atoms with Crippen LogP contribution in [0, 0.1) is 5.41 Å². The fraction of sp³-hybridized carbons (Fsp3) is 0.385. The summed E-state index contributed by atoms with van der Waals surface area (Å²) < 4.78 is 5.00. The molecule has 0 heterocycles. The lowest BCUT2D eigenvalue weighted by molar-refractivity contribution is -0.131. The second-order valence-corrected chi connectivity index (χ2v) is 4.67. The maximum absolute atomic E-state index is 12.1. The van der Waals surface area contributed by atoms with Crippen molar-refractivity contribution in [3.63, 3.8) is 0 Å². The van der Waals surface area contributed by atoms with Gasteiger partial charge in [-0.2, -0.15) is 0 Å². The average Bonchev–Trinajstić information content (AvgIpc) is 2.15. The molecule has 0 atom stereocenters. The van der Waals surface area contributed by atoms with Crippen molar-refractivity contribution in [2.45, 2.75) is 27.7 Å². The van der Waals surface area contributed by atoms with Gasteiger partial charge in [-0.3, -0.25) is 9.59 Å². The predicted molar refractivity (Wildman–Crippen MR) is 61.5 cm³/mol. The van der Waals surface area contributed by atoms with Crippen LogP contribution in [0.3, 0.4) is 0 Å². The van der Waals surface area contributed by atoms with E-state index in [4.69, 9.17) is 4.74 Å². The van der Waals surface area contributed by atoms with Crippen LogP contribution >= 0.6 is 0 Å². The molecule has 3 nitrogen and oxygen atoms in total. The number of para-hydroxylation sites is 1. The molecule has 0 amide bonds. The zero-order chi connectivity index (χ0) is 12.3. The first-order valence-corrected chi connectivity index (χ1v) is 5.14. The number of benzene rings is 1. The van der Waals surface area contributed by atoms with Gasteiger partial charge in [0.1, 0.15) is 5.75 Å². The lowest BCUT2D eigenvalue weighted by Gasteiger charge is -2.18. The molecular weight excluding hydrogens is 204 g/mol. The molecular formula is C13H16O3. The Bertz CT molecular complexity index is 413. The number of ketones is 1. The topological polar surface area (TPSA) is 43.4 Å². The molecule has 3 heteroatoms. The quantitative estimate of drug-likeness (QED) is 0.437. The van der Waals surface area contributed by atoms with Gasteiger partial charge in [-0.1, -0.05) is 32.9 Å². The highest BCUT2D eigenvalue weighted by atomic mass is 16.5. The number of carbonyl (C=O) groups excluding carboxylic acids is 2. The number of hydrogen-bond donors (Lipinski definition) is 0. The van der Waals surface area contributed by atoms with Gasteiger partial charge >= 0.3 is 5.97 Å². The van der Waals surface area contributed by atoms with E-state index >= 15 is 0 Å². The monoisotopic (exact) mass is 220 g/mol. The summed E-state index contributed by atoms with van der Waals surface area (Å²) in [5.74, 6) is -0.131. The molecule has 0 radical (unpaired) electrons. The Morgan fingerprint density at radius 2 is 1.69 bits per heavy atom. The number of esters is 1. The number of ether oxygens (including phenoxy) is 1. The molecule has 1 aromatic rings. The molecule has 0 spiro atoms. The van der Waals surface area contributed by atoms with Crippen molar-refractivity contribution in [1.29, 1.82) is 0 Å². The van der Waals surface area contributed by atoms with Crippen molar-refractivity contribution in [3.8, 4) is 5.75 Å². The van der Waals surface area contributed by atoms with Crippen LogP contribution in [0.5, 0.6) is 5.75 Å². The van der Waals surface area contributed by atoms with E-state index in [0.29, 0.717) is 11.3 Å². The second-order valence-electron chi connectivity index (χ2n) is 4.67. The van der Waals surface area contributed by atoms with Crippen LogP contribution in [0.15, 0.2) is 24.3 Å². The predicted octanol–water partition coefficient (Wildman–Crippen LogP) is 2.84. The summed E-state index contributed by atoms with van der Waals surface area (Å²) in [6.45, 7) is 6.82. The van der Waals surface area contributed by atoms with Crippen molar-refractivity contribution in [1.82, 2.24) is 0 Å². The largest absolute Gasteiger partial charge is 0.426 e. The minimum atomic E-state index is -0.490. The Labute approximate surface area is 95.4 Å². The smallest absolute Gasteiger partial charge is 0.308 e. The third kappa shape index (κ3) is 2.92. The van der Waals surface area contributed by atoms with Crippen LogP contribution in [0.1, 0.15) is 38.1 Å². The first-order valence-electron chi connectivity index (χ1n) is 5.14. The summed E-state index contributed by atoms with van der Waals surface area (Å²) in [5, 5.41) is 0. The van der Waals surface area contributed by atoms with Crippen LogP contribution in [0.2, 0.25) is 0 Å². The molecule has 0 bridgehead atoms. The normalized spacial score (nSPS) is 11.0. The van der Waals surface area contributed by atoms with E-state index in [9.17, 15) is 9.59 Å². The molecule has 16 heavy (non-hydrogen) atoms.